The van der Waals surface area contributed by atoms with Gasteiger partial charge in [0, 0.05) is 10.6 Å². The van der Waals surface area contributed by atoms with Crippen molar-refractivity contribution in [3.63, 3.8) is 0 Å². The van der Waals surface area contributed by atoms with Crippen molar-refractivity contribution in [2.45, 2.75) is 20.0 Å². The highest BCUT2D eigenvalue weighted by Crippen LogP contribution is 2.28. The van der Waals surface area contributed by atoms with Crippen LogP contribution in [-0.4, -0.2) is 31.6 Å². The lowest BCUT2D eigenvalue weighted by Crippen LogP contribution is -2.43. The van der Waals surface area contributed by atoms with E-state index < -0.39 is 11.8 Å². The van der Waals surface area contributed by atoms with Crippen molar-refractivity contribution in [2.24, 2.45) is 0 Å². The van der Waals surface area contributed by atoms with E-state index >= 15 is 0 Å². The third-order valence-electron chi connectivity index (χ3n) is 3.29. The zero-order chi connectivity index (χ0) is 19.8. The fraction of sp³-hybridized carbons (Fsp3) is 0.263. The summed E-state index contributed by atoms with van der Waals surface area (Å²) in [6.07, 6.45) is -0.0292. The fourth-order valence-electron chi connectivity index (χ4n) is 2.07. The summed E-state index contributed by atoms with van der Waals surface area (Å²) in [5.41, 5.74) is 4.91. The van der Waals surface area contributed by atoms with E-state index in [1.807, 2.05) is 13.8 Å². The molecule has 8 heteroatoms. The minimum atomic E-state index is -0.509. The van der Waals surface area contributed by atoms with Gasteiger partial charge in [-0.15, -0.1) is 0 Å². The van der Waals surface area contributed by atoms with Crippen LogP contribution in [0.25, 0.3) is 0 Å². The van der Waals surface area contributed by atoms with Gasteiger partial charge in [-0.2, -0.15) is 0 Å². The van der Waals surface area contributed by atoms with Gasteiger partial charge in [-0.25, -0.2) is 0 Å². The van der Waals surface area contributed by atoms with E-state index in [0.717, 1.165) is 0 Å². The molecule has 2 aromatic carbocycles. The standard InChI is InChI=1S/C19H21ClN2O5/c1-12(2)27-16-9-4-13(10-17(16)25-3)19(24)22-21-18(23)11-26-15-7-5-14(20)6-8-15/h4-10,12H,11H2,1-3H3,(H,21,23)(H,22,24). The quantitative estimate of drug-likeness (QED) is 0.707. The van der Waals surface area contributed by atoms with Crippen LogP contribution in [0.4, 0.5) is 0 Å². The van der Waals surface area contributed by atoms with Crippen molar-refractivity contribution >= 4 is 23.4 Å². The summed E-state index contributed by atoms with van der Waals surface area (Å²) in [6.45, 7) is 3.52. The number of halogens is 1. The Kier molecular flexibility index (Phi) is 7.31. The topological polar surface area (TPSA) is 85.9 Å². The lowest BCUT2D eigenvalue weighted by atomic mass is 10.2. The van der Waals surface area contributed by atoms with Gasteiger partial charge in [0.1, 0.15) is 5.75 Å². The summed E-state index contributed by atoms with van der Waals surface area (Å²) in [6, 6.07) is 11.3. The number of ether oxygens (including phenoxy) is 3. The molecule has 0 saturated carbocycles. The van der Waals surface area contributed by atoms with Gasteiger partial charge < -0.3 is 14.2 Å². The van der Waals surface area contributed by atoms with Crippen LogP contribution in [0, 0.1) is 0 Å². The van der Waals surface area contributed by atoms with E-state index in [4.69, 9.17) is 25.8 Å². The van der Waals surface area contributed by atoms with Gasteiger partial charge in [0.05, 0.1) is 13.2 Å². The summed E-state index contributed by atoms with van der Waals surface area (Å²) in [5, 5.41) is 0.569. The second kappa shape index (κ2) is 9.68. The Balaban J connectivity index is 1.87. The summed E-state index contributed by atoms with van der Waals surface area (Å²) in [4.78, 5) is 24.0. The van der Waals surface area contributed by atoms with Gasteiger partial charge in [0.15, 0.2) is 18.1 Å². The van der Waals surface area contributed by atoms with Crippen LogP contribution < -0.4 is 25.1 Å². The minimum absolute atomic E-state index is 0.0292. The Morgan fingerprint density at radius 2 is 1.74 bits per heavy atom. The molecule has 0 unspecified atom stereocenters. The highest BCUT2D eigenvalue weighted by atomic mass is 35.5. The number of amides is 2. The van der Waals surface area contributed by atoms with Crippen LogP contribution in [0.1, 0.15) is 24.2 Å². The molecule has 0 aliphatic carbocycles. The summed E-state index contributed by atoms with van der Waals surface area (Å²) in [5.74, 6) is 0.443. The molecule has 7 nitrogen and oxygen atoms in total. The molecule has 0 heterocycles. The van der Waals surface area contributed by atoms with Gasteiger partial charge in [-0.3, -0.25) is 20.4 Å². The van der Waals surface area contributed by atoms with Crippen LogP contribution in [0.5, 0.6) is 17.2 Å². The van der Waals surface area contributed by atoms with Gasteiger partial charge in [0.25, 0.3) is 11.8 Å². The van der Waals surface area contributed by atoms with E-state index in [-0.39, 0.29) is 12.7 Å². The molecule has 0 radical (unpaired) electrons. The maximum atomic E-state index is 12.2. The van der Waals surface area contributed by atoms with Crippen molar-refractivity contribution < 1.29 is 23.8 Å². The normalized spacial score (nSPS) is 10.3. The first-order chi connectivity index (χ1) is 12.9. The third-order valence-corrected chi connectivity index (χ3v) is 3.54. The molecule has 0 aliphatic heterocycles. The second-order valence-corrected chi connectivity index (χ2v) is 6.21. The predicted octanol–water partition coefficient (Wildman–Crippen LogP) is 2.98. The zero-order valence-electron chi connectivity index (χ0n) is 15.2. The first-order valence-corrected chi connectivity index (χ1v) is 8.59. The monoisotopic (exact) mass is 392 g/mol. The van der Waals surface area contributed by atoms with Gasteiger partial charge in [-0.1, -0.05) is 11.6 Å². The highest BCUT2D eigenvalue weighted by molar-refractivity contribution is 6.30. The van der Waals surface area contributed by atoms with E-state index in [1.165, 1.54) is 13.2 Å². The number of hydrogen-bond acceptors (Lipinski definition) is 5. The number of hydrazine groups is 1. The van der Waals surface area contributed by atoms with Crippen LogP contribution in [0.3, 0.4) is 0 Å². The molecular weight excluding hydrogens is 372 g/mol. The van der Waals surface area contributed by atoms with Crippen molar-refractivity contribution in [1.29, 1.82) is 0 Å². The summed E-state index contributed by atoms with van der Waals surface area (Å²) < 4.78 is 16.1. The lowest BCUT2D eigenvalue weighted by Gasteiger charge is -2.14. The molecule has 0 bridgehead atoms. The molecule has 0 atom stereocenters. The van der Waals surface area contributed by atoms with Crippen LogP contribution in [0.2, 0.25) is 5.02 Å². The molecule has 0 aliphatic rings. The maximum Gasteiger partial charge on any atom is 0.276 e. The molecule has 144 valence electrons. The average molecular weight is 393 g/mol. The Morgan fingerprint density at radius 1 is 1.04 bits per heavy atom. The van der Waals surface area contributed by atoms with Gasteiger partial charge in [0.2, 0.25) is 0 Å². The SMILES string of the molecule is COc1cc(C(=O)NNC(=O)COc2ccc(Cl)cc2)ccc1OC(C)C. The molecular formula is C19H21ClN2O5. The smallest absolute Gasteiger partial charge is 0.276 e. The number of methoxy groups -OCH3 is 1. The fourth-order valence-corrected chi connectivity index (χ4v) is 2.20. The van der Waals surface area contributed by atoms with Crippen molar-refractivity contribution in [1.82, 2.24) is 10.9 Å². The number of hydrogen-bond donors (Lipinski definition) is 2. The number of nitrogens with one attached hydrogen (secondary N) is 2. The molecule has 0 aromatic heterocycles. The maximum absolute atomic E-state index is 12.2. The summed E-state index contributed by atoms with van der Waals surface area (Å²) >= 11 is 5.77. The van der Waals surface area contributed by atoms with Gasteiger partial charge >= 0.3 is 0 Å². The Hall–Kier alpha value is -2.93. The molecule has 27 heavy (non-hydrogen) atoms. The molecule has 0 fully saturated rings. The van der Waals surface area contributed by atoms with E-state index in [2.05, 4.69) is 10.9 Å². The average Bonchev–Trinajstić information content (AvgIpc) is 2.65. The van der Waals surface area contributed by atoms with Crippen molar-refractivity contribution in [3.05, 3.63) is 53.1 Å². The second-order valence-electron chi connectivity index (χ2n) is 5.78. The predicted molar refractivity (Wildman–Crippen MR) is 101 cm³/mol. The van der Waals surface area contributed by atoms with Gasteiger partial charge in [-0.05, 0) is 56.3 Å². The molecule has 2 amide bonds. The molecule has 0 saturated heterocycles. The molecule has 2 aromatic rings. The number of carbonyl (C=O) groups is 2. The van der Waals surface area contributed by atoms with Crippen molar-refractivity contribution in [3.8, 4) is 17.2 Å². The number of rotatable bonds is 7. The van der Waals surface area contributed by atoms with Crippen molar-refractivity contribution in [2.75, 3.05) is 13.7 Å². The number of carbonyl (C=O) groups excluding carboxylic acids is 2. The molecule has 2 rings (SSSR count). The van der Waals surface area contributed by atoms with Crippen LogP contribution >= 0.6 is 11.6 Å². The Labute approximate surface area is 162 Å². The first kappa shape index (κ1) is 20.4. The highest BCUT2D eigenvalue weighted by Gasteiger charge is 2.13. The van der Waals surface area contributed by atoms with E-state index in [9.17, 15) is 9.59 Å². The van der Waals surface area contributed by atoms with Crippen LogP contribution in [-0.2, 0) is 4.79 Å². The molecule has 2 N–H and O–H groups in total. The van der Waals surface area contributed by atoms with E-state index in [1.54, 1.807) is 36.4 Å². The number of benzene rings is 2. The minimum Gasteiger partial charge on any atom is -0.493 e. The zero-order valence-corrected chi connectivity index (χ0v) is 16.0. The third kappa shape index (κ3) is 6.38. The molecule has 0 spiro atoms. The first-order valence-electron chi connectivity index (χ1n) is 8.21. The largest absolute Gasteiger partial charge is 0.493 e. The van der Waals surface area contributed by atoms with Crippen LogP contribution in [0.15, 0.2) is 42.5 Å². The Bertz CT molecular complexity index is 793. The van der Waals surface area contributed by atoms with E-state index in [0.29, 0.717) is 27.8 Å². The Morgan fingerprint density at radius 3 is 2.37 bits per heavy atom. The lowest BCUT2D eigenvalue weighted by molar-refractivity contribution is -0.123. The summed E-state index contributed by atoms with van der Waals surface area (Å²) in [7, 11) is 1.49.